The second-order valence-electron chi connectivity index (χ2n) is 3.88. The van der Waals surface area contributed by atoms with Crippen LogP contribution in [-0.4, -0.2) is 47.3 Å². The molecule has 0 heterocycles. The van der Waals surface area contributed by atoms with Gasteiger partial charge in [-0.3, -0.25) is 0 Å². The molecular weight excluding hydrogens is 196 g/mol. The van der Waals surface area contributed by atoms with Crippen molar-refractivity contribution in [1.82, 2.24) is 0 Å². The molecule has 4 heteroatoms. The lowest BCUT2D eigenvalue weighted by atomic mass is 10.1. The van der Waals surface area contributed by atoms with Gasteiger partial charge in [-0.15, -0.1) is 0 Å². The van der Waals surface area contributed by atoms with E-state index in [1.54, 1.807) is 0 Å². The molecule has 0 aliphatic carbocycles. The number of rotatable bonds is 10. The fourth-order valence-corrected chi connectivity index (χ4v) is 1.28. The van der Waals surface area contributed by atoms with E-state index in [4.69, 9.17) is 14.9 Å². The fourth-order valence-electron chi connectivity index (χ4n) is 1.28. The topological polar surface area (TPSA) is 69.9 Å². The summed E-state index contributed by atoms with van der Waals surface area (Å²) in [6, 6.07) is 0. The fraction of sp³-hybridized carbons (Fsp3) is 1.00. The molecule has 2 atom stereocenters. The molecule has 0 spiro atoms. The van der Waals surface area contributed by atoms with Gasteiger partial charge < -0.3 is 20.1 Å². The summed E-state index contributed by atoms with van der Waals surface area (Å²) in [4.78, 5) is 0. The van der Waals surface area contributed by atoms with E-state index in [0.717, 1.165) is 19.3 Å². The molecule has 0 aromatic carbocycles. The van der Waals surface area contributed by atoms with Crippen LogP contribution in [0.4, 0.5) is 0 Å². The molecular formula is C11H24O4. The van der Waals surface area contributed by atoms with Crippen molar-refractivity contribution in [2.45, 2.75) is 51.2 Å². The van der Waals surface area contributed by atoms with Crippen LogP contribution in [0.1, 0.15) is 39.0 Å². The normalized spacial score (nSPS) is 15.2. The van der Waals surface area contributed by atoms with E-state index in [1.807, 2.05) is 0 Å². The number of ether oxygens (including phenoxy) is 1. The summed E-state index contributed by atoms with van der Waals surface area (Å²) in [7, 11) is 0. The Labute approximate surface area is 91.9 Å². The van der Waals surface area contributed by atoms with Gasteiger partial charge >= 0.3 is 0 Å². The lowest BCUT2D eigenvalue weighted by molar-refractivity contribution is -0.0262. The van der Waals surface area contributed by atoms with Crippen LogP contribution in [0, 0.1) is 0 Å². The smallest absolute Gasteiger partial charge is 0.100 e. The van der Waals surface area contributed by atoms with Crippen LogP contribution in [0.15, 0.2) is 0 Å². The number of unbranched alkanes of at least 4 members (excludes halogenated alkanes) is 3. The predicted molar refractivity (Wildman–Crippen MR) is 58.7 cm³/mol. The molecule has 0 amide bonds. The summed E-state index contributed by atoms with van der Waals surface area (Å²) in [5.74, 6) is 0. The highest BCUT2D eigenvalue weighted by atomic mass is 16.5. The zero-order valence-electron chi connectivity index (χ0n) is 9.56. The third-order valence-corrected chi connectivity index (χ3v) is 2.22. The Bertz CT molecular complexity index is 130. The van der Waals surface area contributed by atoms with Gasteiger partial charge in [0, 0.05) is 0 Å². The van der Waals surface area contributed by atoms with Crippen LogP contribution in [0.5, 0.6) is 0 Å². The standard InChI is InChI=1S/C11H24O4/c1-2-3-4-5-6-10(13)8-15-9-11(14)7-12/h10-14H,2-9H2,1H3. The Hall–Kier alpha value is -0.160. The van der Waals surface area contributed by atoms with Gasteiger partial charge in [-0.05, 0) is 6.42 Å². The van der Waals surface area contributed by atoms with Crippen LogP contribution in [0.3, 0.4) is 0 Å². The van der Waals surface area contributed by atoms with Crippen molar-refractivity contribution in [3.8, 4) is 0 Å². The van der Waals surface area contributed by atoms with Gasteiger partial charge in [-0.1, -0.05) is 32.6 Å². The van der Waals surface area contributed by atoms with E-state index in [9.17, 15) is 5.11 Å². The van der Waals surface area contributed by atoms with Crippen LogP contribution in [-0.2, 0) is 4.74 Å². The Morgan fingerprint density at radius 1 is 1.00 bits per heavy atom. The molecule has 0 aliphatic heterocycles. The van der Waals surface area contributed by atoms with E-state index in [2.05, 4.69) is 6.92 Å². The molecule has 0 fully saturated rings. The highest BCUT2D eigenvalue weighted by Crippen LogP contribution is 2.05. The van der Waals surface area contributed by atoms with Gasteiger partial charge in [0.05, 0.1) is 25.9 Å². The molecule has 0 rings (SSSR count). The third-order valence-electron chi connectivity index (χ3n) is 2.22. The summed E-state index contributed by atoms with van der Waals surface area (Å²) < 4.78 is 5.05. The van der Waals surface area contributed by atoms with Crippen molar-refractivity contribution in [1.29, 1.82) is 0 Å². The number of aliphatic hydroxyl groups excluding tert-OH is 3. The molecule has 15 heavy (non-hydrogen) atoms. The summed E-state index contributed by atoms with van der Waals surface area (Å²) in [6.07, 6.45) is 4.01. The Kier molecular flexibility index (Phi) is 10.3. The Morgan fingerprint density at radius 2 is 1.67 bits per heavy atom. The third kappa shape index (κ3) is 10.1. The van der Waals surface area contributed by atoms with E-state index in [1.165, 1.54) is 12.8 Å². The van der Waals surface area contributed by atoms with Crippen LogP contribution >= 0.6 is 0 Å². The molecule has 0 saturated carbocycles. The first-order valence-corrected chi connectivity index (χ1v) is 5.75. The molecule has 4 nitrogen and oxygen atoms in total. The Balaban J connectivity index is 3.21. The first kappa shape index (κ1) is 14.8. The maximum Gasteiger partial charge on any atom is 0.100 e. The molecule has 0 aromatic heterocycles. The quantitative estimate of drug-likeness (QED) is 0.474. The molecule has 92 valence electrons. The summed E-state index contributed by atoms with van der Waals surface area (Å²) >= 11 is 0. The van der Waals surface area contributed by atoms with Crippen LogP contribution < -0.4 is 0 Å². The molecule has 2 unspecified atom stereocenters. The van der Waals surface area contributed by atoms with E-state index < -0.39 is 12.2 Å². The van der Waals surface area contributed by atoms with Gasteiger partial charge in [0.1, 0.15) is 6.10 Å². The van der Waals surface area contributed by atoms with Crippen molar-refractivity contribution in [3.63, 3.8) is 0 Å². The van der Waals surface area contributed by atoms with E-state index >= 15 is 0 Å². The van der Waals surface area contributed by atoms with Crippen molar-refractivity contribution in [3.05, 3.63) is 0 Å². The highest BCUT2D eigenvalue weighted by molar-refractivity contribution is 4.56. The first-order valence-electron chi connectivity index (χ1n) is 5.75. The maximum absolute atomic E-state index is 9.46. The second-order valence-corrected chi connectivity index (χ2v) is 3.88. The molecule has 0 aliphatic rings. The molecule has 0 radical (unpaired) electrons. The molecule has 0 aromatic rings. The average molecular weight is 220 g/mol. The molecule has 3 N–H and O–H groups in total. The van der Waals surface area contributed by atoms with Gasteiger partial charge in [0.25, 0.3) is 0 Å². The van der Waals surface area contributed by atoms with E-state index in [-0.39, 0.29) is 19.8 Å². The number of hydrogen-bond acceptors (Lipinski definition) is 4. The van der Waals surface area contributed by atoms with Gasteiger partial charge in [-0.25, -0.2) is 0 Å². The largest absolute Gasteiger partial charge is 0.394 e. The lowest BCUT2D eigenvalue weighted by Gasteiger charge is -2.12. The maximum atomic E-state index is 9.46. The number of aliphatic hydroxyl groups is 3. The summed E-state index contributed by atoms with van der Waals surface area (Å²) in [5.41, 5.74) is 0. The molecule has 0 bridgehead atoms. The first-order chi connectivity index (χ1) is 7.20. The molecule has 0 saturated heterocycles. The van der Waals surface area contributed by atoms with Crippen molar-refractivity contribution < 1.29 is 20.1 Å². The van der Waals surface area contributed by atoms with Gasteiger partial charge in [0.15, 0.2) is 0 Å². The summed E-state index contributed by atoms with van der Waals surface area (Å²) in [6.45, 7) is 2.17. The second kappa shape index (κ2) is 10.4. The minimum Gasteiger partial charge on any atom is -0.394 e. The highest BCUT2D eigenvalue weighted by Gasteiger charge is 2.06. The number of hydrogen-bond donors (Lipinski definition) is 3. The minimum absolute atomic E-state index is 0.0858. The van der Waals surface area contributed by atoms with Gasteiger partial charge in [-0.2, -0.15) is 0 Å². The lowest BCUT2D eigenvalue weighted by Crippen LogP contribution is -2.23. The summed E-state index contributed by atoms with van der Waals surface area (Å²) in [5, 5.41) is 26.9. The van der Waals surface area contributed by atoms with Crippen molar-refractivity contribution in [2.24, 2.45) is 0 Å². The van der Waals surface area contributed by atoms with Crippen LogP contribution in [0.2, 0.25) is 0 Å². The van der Waals surface area contributed by atoms with Crippen molar-refractivity contribution >= 4 is 0 Å². The zero-order valence-corrected chi connectivity index (χ0v) is 9.56. The monoisotopic (exact) mass is 220 g/mol. The predicted octanol–water partition coefficient (Wildman–Crippen LogP) is 0.687. The Morgan fingerprint density at radius 3 is 2.27 bits per heavy atom. The van der Waals surface area contributed by atoms with E-state index in [0.29, 0.717) is 0 Å². The zero-order chi connectivity index (χ0) is 11.5. The average Bonchev–Trinajstić information content (AvgIpc) is 2.24. The minimum atomic E-state index is -0.836. The SMILES string of the molecule is CCCCCCC(O)COCC(O)CO. The van der Waals surface area contributed by atoms with Crippen molar-refractivity contribution in [2.75, 3.05) is 19.8 Å². The van der Waals surface area contributed by atoms with Gasteiger partial charge in [0.2, 0.25) is 0 Å². The van der Waals surface area contributed by atoms with Crippen LogP contribution in [0.25, 0.3) is 0 Å².